The van der Waals surface area contributed by atoms with E-state index in [1.165, 1.54) is 4.31 Å². The molecule has 0 aliphatic carbocycles. The smallest absolute Gasteiger partial charge is 0.243 e. The van der Waals surface area contributed by atoms with Crippen molar-refractivity contribution in [1.82, 2.24) is 9.62 Å². The Hall–Kier alpha value is -2.18. The Balaban J connectivity index is 2.31. The zero-order chi connectivity index (χ0) is 20.0. The van der Waals surface area contributed by atoms with Crippen molar-refractivity contribution in [3.63, 3.8) is 0 Å². The van der Waals surface area contributed by atoms with Crippen molar-refractivity contribution >= 4 is 15.9 Å². The first-order valence-electron chi connectivity index (χ1n) is 9.14. The Labute approximate surface area is 162 Å². The van der Waals surface area contributed by atoms with Crippen molar-refractivity contribution in [3.05, 3.63) is 65.2 Å². The molecule has 0 radical (unpaired) electrons. The lowest BCUT2D eigenvalue weighted by molar-refractivity contribution is -0.122. The number of nitrogens with zero attached hydrogens (tertiary/aromatic N) is 1. The minimum absolute atomic E-state index is 0.000744. The van der Waals surface area contributed by atoms with Gasteiger partial charge in [-0.15, -0.1) is 0 Å². The minimum Gasteiger partial charge on any atom is -0.353 e. The molecule has 5 nitrogen and oxygen atoms in total. The monoisotopic (exact) mass is 388 g/mol. The summed E-state index contributed by atoms with van der Waals surface area (Å²) >= 11 is 0. The first-order chi connectivity index (χ1) is 12.7. The molecule has 0 saturated carbocycles. The van der Waals surface area contributed by atoms with Gasteiger partial charge in [0.2, 0.25) is 15.9 Å². The number of hydrogen-bond donors (Lipinski definition) is 1. The van der Waals surface area contributed by atoms with Crippen LogP contribution in [0.2, 0.25) is 0 Å². The third-order valence-electron chi connectivity index (χ3n) is 4.48. The molecule has 0 unspecified atom stereocenters. The Morgan fingerprint density at radius 1 is 1.00 bits per heavy atom. The molecule has 1 N–H and O–H groups in total. The predicted octanol–water partition coefficient (Wildman–Crippen LogP) is 3.41. The Kier molecular flexibility index (Phi) is 7.16. The second kappa shape index (κ2) is 9.15. The number of hydrogen-bond acceptors (Lipinski definition) is 3. The molecule has 0 spiro atoms. The molecule has 2 rings (SSSR count). The molecule has 0 saturated heterocycles. The molecule has 0 aromatic heterocycles. The first-order valence-corrected chi connectivity index (χ1v) is 10.6. The topological polar surface area (TPSA) is 66.5 Å². The number of amides is 1. The van der Waals surface area contributed by atoms with Gasteiger partial charge in [0.1, 0.15) is 0 Å². The third kappa shape index (κ3) is 5.91. The second-order valence-corrected chi connectivity index (χ2v) is 8.89. The molecular weight excluding hydrogens is 360 g/mol. The van der Waals surface area contributed by atoms with Crippen LogP contribution in [0.15, 0.2) is 53.4 Å². The van der Waals surface area contributed by atoms with Gasteiger partial charge in [-0.2, -0.15) is 4.31 Å². The van der Waals surface area contributed by atoms with Crippen LogP contribution >= 0.6 is 0 Å². The van der Waals surface area contributed by atoms with E-state index in [2.05, 4.69) is 5.32 Å². The van der Waals surface area contributed by atoms with Crippen LogP contribution in [0.4, 0.5) is 0 Å². The maximum absolute atomic E-state index is 13.2. The largest absolute Gasteiger partial charge is 0.353 e. The number of rotatable bonds is 8. The van der Waals surface area contributed by atoms with E-state index >= 15 is 0 Å². The van der Waals surface area contributed by atoms with E-state index < -0.39 is 10.0 Å². The number of aryl methyl sites for hydroxylation is 2. The Morgan fingerprint density at radius 2 is 1.52 bits per heavy atom. The predicted molar refractivity (Wildman–Crippen MR) is 108 cm³/mol. The summed E-state index contributed by atoms with van der Waals surface area (Å²) in [6.07, 6.45) is 0.786. The Bertz CT molecular complexity index is 859. The van der Waals surface area contributed by atoms with Crippen molar-refractivity contribution in [2.24, 2.45) is 0 Å². The normalized spacial score (nSPS) is 12.8. The highest BCUT2D eigenvalue weighted by Gasteiger charge is 2.27. The molecule has 2 aromatic carbocycles. The molecule has 6 heteroatoms. The fraction of sp³-hybridized carbons (Fsp3) is 0.381. The summed E-state index contributed by atoms with van der Waals surface area (Å²) in [5.74, 6) is -0.299. The SMILES string of the molecule is CC[C@H](C)NC(=O)CN(Cc1ccc(C)cc1)S(=O)(=O)c1ccc(C)cc1. The zero-order valence-corrected chi connectivity index (χ0v) is 17.2. The highest BCUT2D eigenvalue weighted by molar-refractivity contribution is 7.89. The van der Waals surface area contributed by atoms with Gasteiger partial charge in [0.05, 0.1) is 11.4 Å². The van der Waals surface area contributed by atoms with Crippen molar-refractivity contribution in [2.75, 3.05) is 6.54 Å². The number of carbonyl (C=O) groups excluding carboxylic acids is 1. The summed E-state index contributed by atoms with van der Waals surface area (Å²) < 4.78 is 27.5. The number of carbonyl (C=O) groups is 1. The molecule has 146 valence electrons. The van der Waals surface area contributed by atoms with Crippen LogP contribution < -0.4 is 5.32 Å². The van der Waals surface area contributed by atoms with E-state index in [1.807, 2.05) is 52.0 Å². The summed E-state index contributed by atoms with van der Waals surface area (Å²) in [6.45, 7) is 7.68. The van der Waals surface area contributed by atoms with Gasteiger partial charge in [-0.05, 0) is 44.9 Å². The number of nitrogens with one attached hydrogen (secondary N) is 1. The molecule has 0 aliphatic heterocycles. The van der Waals surface area contributed by atoms with Gasteiger partial charge in [0, 0.05) is 12.6 Å². The van der Waals surface area contributed by atoms with Crippen molar-refractivity contribution in [3.8, 4) is 0 Å². The number of benzene rings is 2. The quantitative estimate of drug-likeness (QED) is 0.754. The molecule has 1 amide bonds. The zero-order valence-electron chi connectivity index (χ0n) is 16.4. The van der Waals surface area contributed by atoms with Gasteiger partial charge in [-0.1, -0.05) is 54.4 Å². The summed E-state index contributed by atoms with van der Waals surface area (Å²) in [4.78, 5) is 12.6. The maximum Gasteiger partial charge on any atom is 0.243 e. The van der Waals surface area contributed by atoms with Crippen LogP contribution in [0.25, 0.3) is 0 Å². The standard InChI is InChI=1S/C21H28N2O3S/c1-5-18(4)22-21(24)15-23(14-19-10-6-16(2)7-11-19)27(25,26)20-12-8-17(3)9-13-20/h6-13,18H,5,14-15H2,1-4H3,(H,22,24)/t18-/m0/s1. The Morgan fingerprint density at radius 3 is 2.04 bits per heavy atom. The third-order valence-corrected chi connectivity index (χ3v) is 6.28. The molecule has 1 atom stereocenters. The van der Waals surface area contributed by atoms with Gasteiger partial charge in [0.25, 0.3) is 0 Å². The summed E-state index contributed by atoms with van der Waals surface area (Å²) in [7, 11) is -3.79. The van der Waals surface area contributed by atoms with Crippen LogP contribution in [0.5, 0.6) is 0 Å². The van der Waals surface area contributed by atoms with E-state index in [9.17, 15) is 13.2 Å². The van der Waals surface area contributed by atoms with Crippen LogP contribution in [0, 0.1) is 13.8 Å². The van der Waals surface area contributed by atoms with E-state index in [-0.39, 0.29) is 29.9 Å². The van der Waals surface area contributed by atoms with Crippen molar-refractivity contribution < 1.29 is 13.2 Å². The van der Waals surface area contributed by atoms with E-state index in [0.717, 1.165) is 23.1 Å². The maximum atomic E-state index is 13.2. The first kappa shape index (κ1) is 21.1. The molecule has 0 aliphatic rings. The second-order valence-electron chi connectivity index (χ2n) is 6.95. The molecule has 27 heavy (non-hydrogen) atoms. The van der Waals surface area contributed by atoms with Crippen LogP contribution in [0.1, 0.15) is 37.0 Å². The van der Waals surface area contributed by atoms with Crippen molar-refractivity contribution in [1.29, 1.82) is 0 Å². The molecular formula is C21H28N2O3S. The average molecular weight is 389 g/mol. The van der Waals surface area contributed by atoms with Gasteiger partial charge in [-0.3, -0.25) is 4.79 Å². The lowest BCUT2D eigenvalue weighted by Crippen LogP contribution is -2.43. The van der Waals surface area contributed by atoms with Crippen molar-refractivity contribution in [2.45, 2.75) is 51.6 Å². The van der Waals surface area contributed by atoms with E-state index in [4.69, 9.17) is 0 Å². The van der Waals surface area contributed by atoms with Gasteiger partial charge >= 0.3 is 0 Å². The lowest BCUT2D eigenvalue weighted by Gasteiger charge is -2.23. The molecule has 2 aromatic rings. The lowest BCUT2D eigenvalue weighted by atomic mass is 10.1. The van der Waals surface area contributed by atoms with Gasteiger partial charge < -0.3 is 5.32 Å². The fourth-order valence-corrected chi connectivity index (χ4v) is 3.95. The average Bonchev–Trinajstić information content (AvgIpc) is 2.63. The summed E-state index contributed by atoms with van der Waals surface area (Å²) in [5, 5.41) is 2.84. The molecule has 0 bridgehead atoms. The molecule has 0 fully saturated rings. The summed E-state index contributed by atoms with van der Waals surface area (Å²) in [6, 6.07) is 14.3. The van der Waals surface area contributed by atoms with E-state index in [0.29, 0.717) is 0 Å². The molecule has 0 heterocycles. The highest BCUT2D eigenvalue weighted by Crippen LogP contribution is 2.19. The van der Waals surface area contributed by atoms with Gasteiger partial charge in [-0.25, -0.2) is 8.42 Å². The minimum atomic E-state index is -3.79. The van der Waals surface area contributed by atoms with E-state index in [1.54, 1.807) is 24.3 Å². The number of sulfonamides is 1. The summed E-state index contributed by atoms with van der Waals surface area (Å²) in [5.41, 5.74) is 2.92. The van der Waals surface area contributed by atoms with Gasteiger partial charge in [0.15, 0.2) is 0 Å². The van der Waals surface area contributed by atoms with Crippen LogP contribution in [0.3, 0.4) is 0 Å². The van der Waals surface area contributed by atoms with Crippen LogP contribution in [-0.2, 0) is 21.4 Å². The fourth-order valence-electron chi connectivity index (χ4n) is 2.56. The van der Waals surface area contributed by atoms with Crippen LogP contribution in [-0.4, -0.2) is 31.2 Å². The highest BCUT2D eigenvalue weighted by atomic mass is 32.2.